The number of nitrogens with one attached hydrogen (secondary N) is 1. The van der Waals surface area contributed by atoms with Crippen LogP contribution in [-0.2, 0) is 5.41 Å². The maximum atomic E-state index is 6.26. The molecule has 0 bridgehead atoms. The minimum Gasteiger partial charge on any atom is -0.366 e. The van der Waals surface area contributed by atoms with Crippen LogP contribution >= 0.6 is 0 Å². The fourth-order valence-corrected chi connectivity index (χ4v) is 2.49. The average Bonchev–Trinajstić information content (AvgIpc) is 2.78. The monoisotopic (exact) mass is 273 g/mol. The zero-order valence-electron chi connectivity index (χ0n) is 12.5. The van der Waals surface area contributed by atoms with E-state index in [2.05, 4.69) is 42.2 Å². The first-order chi connectivity index (χ1) is 9.37. The molecular formula is C15H23N5. The van der Waals surface area contributed by atoms with E-state index in [0.29, 0.717) is 0 Å². The summed E-state index contributed by atoms with van der Waals surface area (Å²) in [6.45, 7) is 7.27. The minimum atomic E-state index is -0.0542. The number of nitrogens with two attached hydrogens (primary N) is 1. The Morgan fingerprint density at radius 3 is 2.75 bits per heavy atom. The van der Waals surface area contributed by atoms with Crippen molar-refractivity contribution in [1.29, 1.82) is 0 Å². The van der Waals surface area contributed by atoms with E-state index >= 15 is 0 Å². The number of rotatable bonds is 3. The lowest BCUT2D eigenvalue weighted by Gasteiger charge is -2.38. The Morgan fingerprint density at radius 1 is 1.40 bits per heavy atom. The largest absolute Gasteiger partial charge is 0.366 e. The Morgan fingerprint density at radius 2 is 2.15 bits per heavy atom. The summed E-state index contributed by atoms with van der Waals surface area (Å²) in [6.07, 6.45) is 7.08. The topological polar surface area (TPSA) is 68.2 Å². The van der Waals surface area contributed by atoms with Crippen molar-refractivity contribution in [3.8, 4) is 0 Å². The van der Waals surface area contributed by atoms with E-state index in [1.54, 1.807) is 6.20 Å². The van der Waals surface area contributed by atoms with Gasteiger partial charge in [-0.15, -0.1) is 0 Å². The standard InChI is InChI=1S/C15H23N5/c1-14(2,3)12-9-11-13(17-7-8-20(11)19-12)18-10-15(16)5-4-6-15/h7-9H,4-6,10,16H2,1-3H3,(H,17,18). The molecule has 0 radical (unpaired) electrons. The van der Waals surface area contributed by atoms with Crippen LogP contribution < -0.4 is 11.1 Å². The Hall–Kier alpha value is -1.62. The summed E-state index contributed by atoms with van der Waals surface area (Å²) in [5.41, 5.74) is 8.32. The van der Waals surface area contributed by atoms with Crippen molar-refractivity contribution in [1.82, 2.24) is 14.6 Å². The molecule has 1 aliphatic carbocycles. The van der Waals surface area contributed by atoms with E-state index in [1.165, 1.54) is 6.42 Å². The highest BCUT2D eigenvalue weighted by molar-refractivity contribution is 5.68. The molecule has 108 valence electrons. The molecule has 1 aliphatic rings. The molecule has 20 heavy (non-hydrogen) atoms. The molecule has 5 heteroatoms. The third-order valence-corrected chi connectivity index (χ3v) is 4.12. The third kappa shape index (κ3) is 2.38. The van der Waals surface area contributed by atoms with E-state index in [-0.39, 0.29) is 11.0 Å². The number of hydrogen-bond acceptors (Lipinski definition) is 4. The van der Waals surface area contributed by atoms with E-state index in [4.69, 9.17) is 5.73 Å². The Balaban J connectivity index is 1.88. The highest BCUT2D eigenvalue weighted by Gasteiger charge is 2.32. The lowest BCUT2D eigenvalue weighted by atomic mass is 9.78. The van der Waals surface area contributed by atoms with E-state index in [1.807, 2.05) is 10.7 Å². The van der Waals surface area contributed by atoms with Crippen molar-refractivity contribution in [2.75, 3.05) is 11.9 Å². The second kappa shape index (κ2) is 4.45. The van der Waals surface area contributed by atoms with Crippen molar-refractivity contribution >= 4 is 11.3 Å². The molecule has 0 saturated heterocycles. The van der Waals surface area contributed by atoms with Gasteiger partial charge in [-0.2, -0.15) is 5.10 Å². The van der Waals surface area contributed by atoms with Crippen molar-refractivity contribution in [2.24, 2.45) is 5.73 Å². The molecule has 0 aromatic carbocycles. The SMILES string of the molecule is CC(C)(C)c1cc2c(NCC3(N)CCC3)nccn2n1. The van der Waals surface area contributed by atoms with E-state index in [9.17, 15) is 0 Å². The zero-order valence-corrected chi connectivity index (χ0v) is 12.5. The van der Waals surface area contributed by atoms with Crippen LogP contribution in [0.1, 0.15) is 45.7 Å². The summed E-state index contributed by atoms with van der Waals surface area (Å²) in [6, 6.07) is 2.11. The summed E-state index contributed by atoms with van der Waals surface area (Å²) in [4.78, 5) is 4.44. The molecule has 0 amide bonds. The fraction of sp³-hybridized carbons (Fsp3) is 0.600. The van der Waals surface area contributed by atoms with Crippen LogP contribution in [0.3, 0.4) is 0 Å². The number of fused-ring (bicyclic) bond motifs is 1. The predicted molar refractivity (Wildman–Crippen MR) is 80.9 cm³/mol. The molecule has 0 atom stereocenters. The molecule has 3 N–H and O–H groups in total. The normalized spacial score (nSPS) is 18.0. The van der Waals surface area contributed by atoms with Gasteiger partial charge in [0.2, 0.25) is 0 Å². The minimum absolute atomic E-state index is 0.0341. The van der Waals surface area contributed by atoms with Crippen molar-refractivity contribution in [3.05, 3.63) is 24.2 Å². The van der Waals surface area contributed by atoms with Gasteiger partial charge >= 0.3 is 0 Å². The van der Waals surface area contributed by atoms with Gasteiger partial charge in [-0.3, -0.25) is 0 Å². The van der Waals surface area contributed by atoms with E-state index < -0.39 is 0 Å². The van der Waals surface area contributed by atoms with Gasteiger partial charge in [0.05, 0.1) is 5.69 Å². The number of aromatic nitrogens is 3. The highest BCUT2D eigenvalue weighted by Crippen LogP contribution is 2.30. The van der Waals surface area contributed by atoms with Crippen molar-refractivity contribution in [2.45, 2.75) is 51.0 Å². The fourth-order valence-electron chi connectivity index (χ4n) is 2.49. The van der Waals surface area contributed by atoms with Crippen molar-refractivity contribution in [3.63, 3.8) is 0 Å². The first kappa shape index (κ1) is 13.4. The van der Waals surface area contributed by atoms with E-state index in [0.717, 1.165) is 36.4 Å². The molecule has 1 saturated carbocycles. The lowest BCUT2D eigenvalue weighted by Crippen LogP contribution is -2.52. The molecule has 0 unspecified atom stereocenters. The van der Waals surface area contributed by atoms with Crippen LogP contribution in [-0.4, -0.2) is 26.7 Å². The van der Waals surface area contributed by atoms with Crippen LogP contribution in [0.5, 0.6) is 0 Å². The second-order valence-electron chi connectivity index (χ2n) is 6.95. The Bertz CT molecular complexity index is 619. The first-order valence-electron chi connectivity index (χ1n) is 7.25. The van der Waals surface area contributed by atoms with Crippen LogP contribution in [0.2, 0.25) is 0 Å². The molecule has 3 rings (SSSR count). The van der Waals surface area contributed by atoms with Gasteiger partial charge in [-0.1, -0.05) is 20.8 Å². The average molecular weight is 273 g/mol. The second-order valence-corrected chi connectivity index (χ2v) is 6.95. The molecule has 2 aromatic rings. The molecule has 0 spiro atoms. The maximum Gasteiger partial charge on any atom is 0.152 e. The molecule has 2 heterocycles. The van der Waals surface area contributed by atoms with Crippen LogP contribution in [0.15, 0.2) is 18.5 Å². The summed E-state index contributed by atoms with van der Waals surface area (Å²) in [5, 5.41) is 8.03. The van der Waals surface area contributed by atoms with Gasteiger partial charge in [0.1, 0.15) is 5.52 Å². The van der Waals surface area contributed by atoms with Gasteiger partial charge in [0.25, 0.3) is 0 Å². The third-order valence-electron chi connectivity index (χ3n) is 4.12. The molecule has 1 fully saturated rings. The van der Waals surface area contributed by atoms with Gasteiger partial charge in [-0.05, 0) is 25.3 Å². The highest BCUT2D eigenvalue weighted by atomic mass is 15.2. The van der Waals surface area contributed by atoms with Gasteiger partial charge in [-0.25, -0.2) is 9.50 Å². The number of hydrogen-bond donors (Lipinski definition) is 2. The summed E-state index contributed by atoms with van der Waals surface area (Å²) in [7, 11) is 0. The summed E-state index contributed by atoms with van der Waals surface area (Å²) < 4.78 is 1.89. The summed E-state index contributed by atoms with van der Waals surface area (Å²) >= 11 is 0. The van der Waals surface area contributed by atoms with Crippen LogP contribution in [0.4, 0.5) is 5.82 Å². The number of nitrogens with zero attached hydrogens (tertiary/aromatic N) is 3. The number of anilines is 1. The molecule has 2 aromatic heterocycles. The Labute approximate surface area is 119 Å². The Kier molecular flexibility index (Phi) is 2.97. The molecular weight excluding hydrogens is 250 g/mol. The predicted octanol–water partition coefficient (Wildman–Crippen LogP) is 2.32. The molecule has 5 nitrogen and oxygen atoms in total. The van der Waals surface area contributed by atoms with Crippen LogP contribution in [0, 0.1) is 0 Å². The quantitative estimate of drug-likeness (QED) is 0.900. The van der Waals surface area contributed by atoms with Gasteiger partial charge in [0, 0.05) is 29.9 Å². The summed E-state index contributed by atoms with van der Waals surface area (Å²) in [5.74, 6) is 0.868. The maximum absolute atomic E-state index is 6.26. The smallest absolute Gasteiger partial charge is 0.152 e. The zero-order chi connectivity index (χ0) is 14.4. The molecule has 0 aliphatic heterocycles. The van der Waals surface area contributed by atoms with Crippen LogP contribution in [0.25, 0.3) is 5.52 Å². The van der Waals surface area contributed by atoms with Gasteiger partial charge in [0.15, 0.2) is 5.82 Å². The first-order valence-corrected chi connectivity index (χ1v) is 7.25. The lowest BCUT2D eigenvalue weighted by molar-refractivity contribution is 0.265. The van der Waals surface area contributed by atoms with Crippen molar-refractivity contribution < 1.29 is 0 Å². The van der Waals surface area contributed by atoms with Gasteiger partial charge < -0.3 is 11.1 Å².